The van der Waals surface area contributed by atoms with E-state index in [-0.39, 0.29) is 22.3 Å². The molecule has 5 nitrogen and oxygen atoms in total. The Bertz CT molecular complexity index is 1310. The summed E-state index contributed by atoms with van der Waals surface area (Å²) in [6.07, 6.45) is 5.22. The Hall–Kier alpha value is -4.25. The molecule has 36 heavy (non-hydrogen) atoms. The van der Waals surface area contributed by atoms with Gasteiger partial charge in [0.05, 0.1) is 17.4 Å². The van der Waals surface area contributed by atoms with E-state index in [0.717, 1.165) is 33.4 Å². The molecule has 0 fully saturated rings. The average Bonchev–Trinajstić information content (AvgIpc) is 2.86. The Morgan fingerprint density at radius 2 is 1.06 bits per heavy atom. The summed E-state index contributed by atoms with van der Waals surface area (Å²) in [6, 6.07) is 26.4. The molecule has 0 unspecified atom stereocenters. The van der Waals surface area contributed by atoms with Gasteiger partial charge >= 0.3 is 0 Å². The number of hydrogen-bond acceptors (Lipinski definition) is 5. The van der Waals surface area contributed by atoms with Crippen molar-refractivity contribution < 1.29 is 0 Å². The third-order valence-corrected chi connectivity index (χ3v) is 5.37. The molecule has 3 aromatic heterocycles. The first-order valence-corrected chi connectivity index (χ1v) is 10.8. The number of nitrogens with zero attached hydrogens (tertiary/aromatic N) is 5. The van der Waals surface area contributed by atoms with Crippen molar-refractivity contribution in [2.24, 2.45) is 0 Å². The molecule has 0 N–H and O–H groups in total. The molecule has 0 saturated carbocycles. The number of rotatable bonds is 0. The summed E-state index contributed by atoms with van der Waals surface area (Å²) in [5.74, 6) is 0. The predicted molar refractivity (Wildman–Crippen MR) is 155 cm³/mol. The van der Waals surface area contributed by atoms with Crippen LogP contribution in [-0.4, -0.2) is 25.1 Å². The highest BCUT2D eigenvalue weighted by Crippen LogP contribution is 2.15. The number of benzene rings is 3. The minimum Gasteiger partial charge on any atom is -0.261 e. The number of aromatic nitrogens is 5. The van der Waals surface area contributed by atoms with Crippen LogP contribution in [0.1, 0.15) is 39.4 Å². The van der Waals surface area contributed by atoms with Gasteiger partial charge in [-0.2, -0.15) is 10.2 Å². The van der Waals surface area contributed by atoms with Crippen LogP contribution in [0.15, 0.2) is 97.6 Å². The molecular weight excluding hydrogens is 442 g/mol. The van der Waals surface area contributed by atoms with Crippen LogP contribution in [0, 0.1) is 20.8 Å². The standard InChI is InChI=1S/C10H9N.2C9H8N2.3CH4/c1-8-10-5-3-2-4-9(10)6-7-11-8;1-7-8-4-2-3-5-9(8)11-6-10-7;1-7-9-5-3-2-4-8(9)6-10-11-7;;;/h2-7H,1H3;2*2-6H,1H3;3*1H4. The van der Waals surface area contributed by atoms with Gasteiger partial charge in [0.2, 0.25) is 0 Å². The lowest BCUT2D eigenvalue weighted by Crippen LogP contribution is -1.86. The molecule has 6 rings (SSSR count). The summed E-state index contributed by atoms with van der Waals surface area (Å²) in [6.45, 7) is 5.99. The molecule has 0 atom stereocenters. The largest absolute Gasteiger partial charge is 0.261 e. The highest BCUT2D eigenvalue weighted by atomic mass is 15.1. The van der Waals surface area contributed by atoms with Gasteiger partial charge in [-0.1, -0.05) is 89.0 Å². The Kier molecular flexibility index (Phi) is 11.8. The minimum absolute atomic E-state index is 0. The number of fused-ring (bicyclic) bond motifs is 3. The first-order chi connectivity index (χ1) is 16.1. The lowest BCUT2D eigenvalue weighted by molar-refractivity contribution is 1.00. The second-order valence-electron chi connectivity index (χ2n) is 7.61. The maximum atomic E-state index is 4.21. The zero-order valence-corrected chi connectivity index (χ0v) is 19.0. The van der Waals surface area contributed by atoms with Crippen molar-refractivity contribution in [2.45, 2.75) is 43.1 Å². The van der Waals surface area contributed by atoms with Crippen LogP contribution in [0.5, 0.6) is 0 Å². The highest BCUT2D eigenvalue weighted by molar-refractivity contribution is 5.84. The van der Waals surface area contributed by atoms with Crippen molar-refractivity contribution in [3.05, 3.63) is 115 Å². The van der Waals surface area contributed by atoms with Crippen LogP contribution >= 0.6 is 0 Å². The molecule has 3 heterocycles. The Balaban J connectivity index is 0.000000259. The van der Waals surface area contributed by atoms with Gasteiger partial charge in [0.15, 0.2) is 0 Å². The van der Waals surface area contributed by atoms with Gasteiger partial charge in [-0.05, 0) is 38.3 Å². The van der Waals surface area contributed by atoms with Crippen LogP contribution in [0.2, 0.25) is 0 Å². The van der Waals surface area contributed by atoms with Crippen molar-refractivity contribution in [3.8, 4) is 0 Å². The fourth-order valence-electron chi connectivity index (χ4n) is 3.58. The van der Waals surface area contributed by atoms with E-state index in [4.69, 9.17) is 0 Å². The lowest BCUT2D eigenvalue weighted by Gasteiger charge is -1.97. The topological polar surface area (TPSA) is 64.5 Å². The number of para-hydroxylation sites is 1. The smallest absolute Gasteiger partial charge is 0.116 e. The van der Waals surface area contributed by atoms with Crippen molar-refractivity contribution in [1.29, 1.82) is 0 Å². The highest BCUT2D eigenvalue weighted by Gasteiger charge is 1.96. The second-order valence-corrected chi connectivity index (χ2v) is 7.61. The molecule has 3 aromatic carbocycles. The third-order valence-electron chi connectivity index (χ3n) is 5.37. The molecule has 6 aromatic rings. The van der Waals surface area contributed by atoms with Crippen LogP contribution in [0.3, 0.4) is 0 Å². The van der Waals surface area contributed by atoms with Gasteiger partial charge in [-0.25, -0.2) is 9.97 Å². The zero-order valence-electron chi connectivity index (χ0n) is 19.0. The monoisotopic (exact) mass is 479 g/mol. The third kappa shape index (κ3) is 7.12. The summed E-state index contributed by atoms with van der Waals surface area (Å²) in [7, 11) is 0. The maximum Gasteiger partial charge on any atom is 0.116 e. The van der Waals surface area contributed by atoms with Crippen LogP contribution in [0.25, 0.3) is 32.4 Å². The summed E-state index contributed by atoms with van der Waals surface area (Å²) in [4.78, 5) is 12.4. The zero-order chi connectivity index (χ0) is 23.0. The van der Waals surface area contributed by atoms with Gasteiger partial charge < -0.3 is 0 Å². The predicted octanol–water partition coefficient (Wildman–Crippen LogP) is 8.33. The second kappa shape index (κ2) is 14.2. The maximum absolute atomic E-state index is 4.21. The molecule has 0 aliphatic rings. The summed E-state index contributed by atoms with van der Waals surface area (Å²) in [5, 5.41) is 13.8. The van der Waals surface area contributed by atoms with Crippen LogP contribution in [0.4, 0.5) is 0 Å². The SMILES string of the molecule is C.C.C.Cc1nccc2ccccc12.Cc1ncnc2ccccc12.Cc1nncc2ccccc12. The summed E-state index contributed by atoms with van der Waals surface area (Å²) in [5.41, 5.74) is 4.14. The van der Waals surface area contributed by atoms with Crippen LogP contribution < -0.4 is 0 Å². The molecule has 0 aliphatic carbocycles. The van der Waals surface area contributed by atoms with Gasteiger partial charge in [0, 0.05) is 39.1 Å². The Labute approximate surface area is 215 Å². The number of aryl methyl sites for hydroxylation is 3. The van der Waals surface area contributed by atoms with E-state index in [1.165, 1.54) is 16.2 Å². The molecule has 0 radical (unpaired) electrons. The van der Waals surface area contributed by atoms with E-state index in [1.54, 1.807) is 12.5 Å². The molecule has 0 aliphatic heterocycles. The molecule has 0 saturated heterocycles. The fraction of sp³-hybridized carbons (Fsp3) is 0.194. The van der Waals surface area contributed by atoms with E-state index >= 15 is 0 Å². The first-order valence-electron chi connectivity index (χ1n) is 10.8. The van der Waals surface area contributed by atoms with Gasteiger partial charge in [-0.3, -0.25) is 4.98 Å². The molecular formula is C31H37N5. The molecule has 5 heteroatoms. The van der Waals surface area contributed by atoms with E-state index in [9.17, 15) is 0 Å². The van der Waals surface area contributed by atoms with Gasteiger partial charge in [-0.15, -0.1) is 0 Å². The van der Waals surface area contributed by atoms with Crippen molar-refractivity contribution in [1.82, 2.24) is 25.1 Å². The van der Waals surface area contributed by atoms with Crippen molar-refractivity contribution in [2.75, 3.05) is 0 Å². The normalized spacial score (nSPS) is 9.42. The summed E-state index contributed by atoms with van der Waals surface area (Å²) < 4.78 is 0. The summed E-state index contributed by atoms with van der Waals surface area (Å²) >= 11 is 0. The lowest BCUT2D eigenvalue weighted by atomic mass is 10.1. The molecule has 0 amide bonds. The quantitative estimate of drug-likeness (QED) is 0.219. The molecule has 186 valence electrons. The van der Waals surface area contributed by atoms with Crippen LogP contribution in [-0.2, 0) is 0 Å². The Morgan fingerprint density at radius 3 is 1.69 bits per heavy atom. The van der Waals surface area contributed by atoms with E-state index in [0.29, 0.717) is 0 Å². The molecule has 0 spiro atoms. The number of hydrogen-bond donors (Lipinski definition) is 0. The Morgan fingerprint density at radius 1 is 0.500 bits per heavy atom. The van der Waals surface area contributed by atoms with Crippen molar-refractivity contribution in [3.63, 3.8) is 0 Å². The first kappa shape index (κ1) is 29.8. The van der Waals surface area contributed by atoms with E-state index in [2.05, 4.69) is 43.3 Å². The number of pyridine rings is 1. The molecule has 0 bridgehead atoms. The van der Waals surface area contributed by atoms with E-state index in [1.807, 2.05) is 87.6 Å². The minimum atomic E-state index is 0. The van der Waals surface area contributed by atoms with Gasteiger partial charge in [0.1, 0.15) is 6.33 Å². The fourth-order valence-corrected chi connectivity index (χ4v) is 3.58. The van der Waals surface area contributed by atoms with Gasteiger partial charge in [0.25, 0.3) is 0 Å². The van der Waals surface area contributed by atoms with E-state index < -0.39 is 0 Å². The average molecular weight is 480 g/mol. The van der Waals surface area contributed by atoms with Crippen molar-refractivity contribution >= 4 is 32.4 Å².